The molecule has 0 heterocycles. The molecule has 0 aromatic heterocycles. The minimum atomic E-state index is -1.02. The molecule has 0 radical (unpaired) electrons. The Labute approximate surface area is 139 Å². The van der Waals surface area contributed by atoms with Crippen molar-refractivity contribution in [3.8, 4) is 0 Å². The molecule has 0 spiro atoms. The van der Waals surface area contributed by atoms with Crippen molar-refractivity contribution in [2.75, 3.05) is 0 Å². The van der Waals surface area contributed by atoms with Crippen LogP contribution in [0.25, 0.3) is 0 Å². The Bertz CT molecular complexity index is 649. The average Bonchev–Trinajstić information content (AvgIpc) is 2.38. The smallest absolute Gasteiger partial charge is 0.130 e. The van der Waals surface area contributed by atoms with Gasteiger partial charge >= 0.3 is 0 Å². The normalized spacial score (nSPS) is 12.5. The second kappa shape index (κ2) is 6.63. The third-order valence-corrected chi connectivity index (χ3v) is 4.75. The lowest BCUT2D eigenvalue weighted by molar-refractivity contribution is 0.173. The first-order chi connectivity index (χ1) is 9.38. The van der Waals surface area contributed by atoms with Crippen LogP contribution in [0.3, 0.4) is 0 Å². The summed E-state index contributed by atoms with van der Waals surface area (Å²) in [4.78, 5) is 0. The number of aliphatic hydroxyl groups excluding tert-OH is 1. The molecule has 2 aromatic carbocycles. The predicted octanol–water partition coefficient (Wildman–Crippen LogP) is 5.82. The molecule has 0 fully saturated rings. The summed E-state index contributed by atoms with van der Waals surface area (Å²) < 4.78 is 14.3. The molecule has 0 saturated carbocycles. The molecule has 0 aliphatic heterocycles. The van der Waals surface area contributed by atoms with Crippen LogP contribution in [-0.2, 0) is 6.42 Å². The highest BCUT2D eigenvalue weighted by atomic mass is 79.9. The first kappa shape index (κ1) is 16.1. The van der Waals surface area contributed by atoms with E-state index in [2.05, 4.69) is 15.9 Å². The third-order valence-electron chi connectivity index (χ3n) is 2.81. The van der Waals surface area contributed by atoms with Crippen LogP contribution in [0.5, 0.6) is 0 Å². The Morgan fingerprint density at radius 3 is 2.40 bits per heavy atom. The monoisotopic (exact) mass is 396 g/mol. The maximum Gasteiger partial charge on any atom is 0.130 e. The Hall–Kier alpha value is -0.320. The Morgan fingerprint density at radius 1 is 1.05 bits per heavy atom. The maximum absolute atomic E-state index is 13.8. The number of halogens is 5. The molecule has 0 amide bonds. The highest BCUT2D eigenvalue weighted by molar-refractivity contribution is 9.10. The predicted molar refractivity (Wildman–Crippen MR) is 84.2 cm³/mol. The number of aliphatic hydroxyl groups is 1. The number of benzene rings is 2. The molecule has 1 unspecified atom stereocenters. The van der Waals surface area contributed by atoms with Gasteiger partial charge in [-0.05, 0) is 45.8 Å². The van der Waals surface area contributed by atoms with Gasteiger partial charge in [-0.25, -0.2) is 4.39 Å². The molecule has 2 aromatic rings. The van der Waals surface area contributed by atoms with Gasteiger partial charge < -0.3 is 5.11 Å². The van der Waals surface area contributed by atoms with Crippen molar-refractivity contribution in [1.29, 1.82) is 0 Å². The lowest BCUT2D eigenvalue weighted by Crippen LogP contribution is -2.04. The maximum atomic E-state index is 13.8. The Balaban J connectivity index is 2.25. The summed E-state index contributed by atoms with van der Waals surface area (Å²) >= 11 is 20.8. The standard InChI is InChI=1S/C14H9BrCl3FO/c15-9-6-13(19)8(5-11(9)17)14(20)4-7-1-2-10(16)12(18)3-7/h1-3,5-6,14,20H,4H2. The fourth-order valence-electron chi connectivity index (χ4n) is 1.79. The number of hydrogen-bond acceptors (Lipinski definition) is 1. The van der Waals surface area contributed by atoms with Crippen LogP contribution in [0.4, 0.5) is 4.39 Å². The lowest BCUT2D eigenvalue weighted by Gasteiger charge is -2.13. The van der Waals surface area contributed by atoms with Gasteiger partial charge in [-0.2, -0.15) is 0 Å². The molecule has 2 rings (SSSR count). The van der Waals surface area contributed by atoms with E-state index in [0.717, 1.165) is 5.56 Å². The van der Waals surface area contributed by atoms with Crippen molar-refractivity contribution < 1.29 is 9.50 Å². The van der Waals surface area contributed by atoms with Gasteiger partial charge in [0.15, 0.2) is 0 Å². The highest BCUT2D eigenvalue weighted by Gasteiger charge is 2.16. The molecule has 6 heteroatoms. The van der Waals surface area contributed by atoms with E-state index >= 15 is 0 Å². The van der Waals surface area contributed by atoms with E-state index in [1.54, 1.807) is 18.2 Å². The minimum Gasteiger partial charge on any atom is -0.388 e. The van der Waals surface area contributed by atoms with Gasteiger partial charge in [0.2, 0.25) is 0 Å². The van der Waals surface area contributed by atoms with Crippen LogP contribution in [0.15, 0.2) is 34.8 Å². The molecule has 0 aliphatic carbocycles. The molecule has 0 bridgehead atoms. The summed E-state index contributed by atoms with van der Waals surface area (Å²) in [5.41, 5.74) is 0.898. The summed E-state index contributed by atoms with van der Waals surface area (Å²) in [5, 5.41) is 11.3. The largest absolute Gasteiger partial charge is 0.388 e. The highest BCUT2D eigenvalue weighted by Crippen LogP contribution is 2.31. The summed E-state index contributed by atoms with van der Waals surface area (Å²) in [6.45, 7) is 0. The van der Waals surface area contributed by atoms with Crippen molar-refractivity contribution in [2.24, 2.45) is 0 Å². The van der Waals surface area contributed by atoms with Crippen LogP contribution in [0.1, 0.15) is 17.2 Å². The Morgan fingerprint density at radius 2 is 1.75 bits per heavy atom. The summed E-state index contributed by atoms with van der Waals surface area (Å²) in [5.74, 6) is -0.520. The van der Waals surface area contributed by atoms with Gasteiger partial charge in [0.1, 0.15) is 5.82 Å². The average molecular weight is 398 g/mol. The summed E-state index contributed by atoms with van der Waals surface area (Å²) in [7, 11) is 0. The van der Waals surface area contributed by atoms with Gasteiger partial charge in [-0.1, -0.05) is 40.9 Å². The quantitative estimate of drug-likeness (QED) is 0.646. The Kier molecular flexibility index (Phi) is 5.32. The van der Waals surface area contributed by atoms with E-state index in [9.17, 15) is 9.50 Å². The van der Waals surface area contributed by atoms with Crippen LogP contribution in [0.2, 0.25) is 15.1 Å². The first-order valence-electron chi connectivity index (χ1n) is 5.65. The fourth-order valence-corrected chi connectivity index (χ4v) is 2.60. The van der Waals surface area contributed by atoms with E-state index in [1.165, 1.54) is 12.1 Å². The third kappa shape index (κ3) is 3.66. The second-order valence-corrected chi connectivity index (χ2v) is 6.33. The van der Waals surface area contributed by atoms with Crippen molar-refractivity contribution >= 4 is 50.7 Å². The van der Waals surface area contributed by atoms with Gasteiger partial charge in [-0.3, -0.25) is 0 Å². The molecular formula is C14H9BrCl3FO. The molecule has 0 aliphatic rings. The zero-order chi connectivity index (χ0) is 14.9. The fraction of sp³-hybridized carbons (Fsp3) is 0.143. The van der Waals surface area contributed by atoms with Crippen molar-refractivity contribution in [3.63, 3.8) is 0 Å². The van der Waals surface area contributed by atoms with Gasteiger partial charge in [0, 0.05) is 16.5 Å². The molecule has 1 atom stereocenters. The molecule has 20 heavy (non-hydrogen) atoms. The zero-order valence-corrected chi connectivity index (χ0v) is 13.9. The van der Waals surface area contributed by atoms with E-state index in [0.29, 0.717) is 19.5 Å². The molecule has 0 saturated heterocycles. The van der Waals surface area contributed by atoms with Crippen LogP contribution < -0.4 is 0 Å². The van der Waals surface area contributed by atoms with E-state index in [4.69, 9.17) is 34.8 Å². The zero-order valence-electron chi connectivity index (χ0n) is 10.0. The molecule has 1 nitrogen and oxygen atoms in total. The van der Waals surface area contributed by atoms with Crippen molar-refractivity contribution in [2.45, 2.75) is 12.5 Å². The van der Waals surface area contributed by atoms with Crippen LogP contribution in [-0.4, -0.2) is 5.11 Å². The SMILES string of the molecule is OC(Cc1ccc(Cl)c(Cl)c1)c1cc(Cl)c(Br)cc1F. The summed E-state index contributed by atoms with van der Waals surface area (Å²) in [6.07, 6.45) is -0.802. The molecule has 1 N–H and O–H groups in total. The van der Waals surface area contributed by atoms with E-state index in [1.807, 2.05) is 0 Å². The van der Waals surface area contributed by atoms with Crippen molar-refractivity contribution in [3.05, 3.63) is 66.8 Å². The second-order valence-electron chi connectivity index (χ2n) is 4.26. The van der Waals surface area contributed by atoms with Crippen LogP contribution >= 0.6 is 50.7 Å². The first-order valence-corrected chi connectivity index (χ1v) is 7.57. The van der Waals surface area contributed by atoms with Gasteiger partial charge in [-0.15, -0.1) is 0 Å². The van der Waals surface area contributed by atoms with Gasteiger partial charge in [0.25, 0.3) is 0 Å². The van der Waals surface area contributed by atoms with Gasteiger partial charge in [0.05, 0.1) is 21.2 Å². The number of rotatable bonds is 3. The summed E-state index contributed by atoms with van der Waals surface area (Å²) in [6, 6.07) is 7.65. The molecule has 106 valence electrons. The lowest BCUT2D eigenvalue weighted by atomic mass is 10.0. The molecular weight excluding hydrogens is 389 g/mol. The topological polar surface area (TPSA) is 20.2 Å². The van der Waals surface area contributed by atoms with E-state index < -0.39 is 11.9 Å². The minimum absolute atomic E-state index is 0.143. The van der Waals surface area contributed by atoms with Crippen LogP contribution in [0, 0.1) is 5.82 Å². The number of hydrogen-bond donors (Lipinski definition) is 1. The van der Waals surface area contributed by atoms with E-state index in [-0.39, 0.29) is 12.0 Å². The van der Waals surface area contributed by atoms with Crippen molar-refractivity contribution in [1.82, 2.24) is 0 Å².